The first-order valence-corrected chi connectivity index (χ1v) is 8.83. The molecule has 0 fully saturated rings. The highest BCUT2D eigenvalue weighted by Gasteiger charge is 2.03. The lowest BCUT2D eigenvalue weighted by molar-refractivity contribution is -0.140. The minimum absolute atomic E-state index is 0.148. The van der Waals surface area contributed by atoms with Gasteiger partial charge in [-0.25, -0.2) is 0 Å². The quantitative estimate of drug-likeness (QED) is 0.735. The van der Waals surface area contributed by atoms with Crippen molar-refractivity contribution in [2.45, 2.75) is 45.4 Å². The summed E-state index contributed by atoms with van der Waals surface area (Å²) in [4.78, 5) is 21.2. The van der Waals surface area contributed by atoms with Gasteiger partial charge in [-0.2, -0.15) is 0 Å². The minimum atomic E-state index is -0.742. The van der Waals surface area contributed by atoms with E-state index in [4.69, 9.17) is 5.11 Å². The lowest BCUT2D eigenvalue weighted by Gasteiger charge is -2.07. The van der Waals surface area contributed by atoms with Crippen molar-refractivity contribution in [3.05, 3.63) is 71.3 Å². The second-order valence-corrected chi connectivity index (χ2v) is 6.36. The maximum Gasteiger partial charge on any atom is 0.305 e. The summed E-state index contributed by atoms with van der Waals surface area (Å²) in [6, 6.07) is 18.0. The fourth-order valence-corrected chi connectivity index (χ4v) is 2.35. The van der Waals surface area contributed by atoms with Crippen LogP contribution in [0.2, 0.25) is 0 Å². The molecule has 4 heteroatoms. The molecule has 0 saturated carbocycles. The van der Waals surface area contributed by atoms with Gasteiger partial charge in [0.1, 0.15) is 0 Å². The Morgan fingerprint density at radius 2 is 1.54 bits per heavy atom. The van der Waals surface area contributed by atoms with Crippen LogP contribution in [0.1, 0.15) is 49.3 Å². The number of carbonyl (C=O) groups excluding carboxylic acids is 1. The molecule has 0 radical (unpaired) electrons. The van der Waals surface area contributed by atoms with Crippen molar-refractivity contribution >= 4 is 11.9 Å². The van der Waals surface area contributed by atoms with Crippen LogP contribution in [0.4, 0.5) is 0 Å². The van der Waals surface area contributed by atoms with Gasteiger partial charge in [0.2, 0.25) is 0 Å². The van der Waals surface area contributed by atoms with Gasteiger partial charge in [-0.15, -0.1) is 0 Å². The van der Waals surface area contributed by atoms with E-state index in [-0.39, 0.29) is 12.4 Å². The number of methoxy groups -OCH3 is 1. The largest absolute Gasteiger partial charge is 0.481 e. The Morgan fingerprint density at radius 1 is 0.923 bits per heavy atom. The molecule has 0 amide bonds. The molecule has 0 aliphatic rings. The highest BCUT2D eigenvalue weighted by Crippen LogP contribution is 2.16. The second kappa shape index (κ2) is 11.9. The van der Waals surface area contributed by atoms with Gasteiger partial charge < -0.3 is 9.84 Å². The molecule has 0 aromatic heterocycles. The summed E-state index contributed by atoms with van der Waals surface area (Å²) < 4.78 is 4.61. The van der Waals surface area contributed by atoms with Crippen LogP contribution in [-0.2, 0) is 27.2 Å². The summed E-state index contributed by atoms with van der Waals surface area (Å²) in [5.74, 6) is -0.359. The fourth-order valence-electron chi connectivity index (χ4n) is 2.35. The first-order valence-electron chi connectivity index (χ1n) is 8.83. The van der Waals surface area contributed by atoms with Crippen molar-refractivity contribution < 1.29 is 19.4 Å². The van der Waals surface area contributed by atoms with Crippen LogP contribution in [0.25, 0.3) is 0 Å². The first-order chi connectivity index (χ1) is 12.4. The number of esters is 1. The van der Waals surface area contributed by atoms with E-state index in [2.05, 4.69) is 36.8 Å². The summed E-state index contributed by atoms with van der Waals surface area (Å²) in [6.45, 7) is 4.33. The van der Waals surface area contributed by atoms with E-state index < -0.39 is 5.97 Å². The van der Waals surface area contributed by atoms with E-state index in [1.165, 1.54) is 18.2 Å². The molecule has 1 N–H and O–H groups in total. The highest BCUT2D eigenvalue weighted by molar-refractivity contribution is 5.69. The zero-order valence-electron chi connectivity index (χ0n) is 15.8. The maximum atomic E-state index is 11.0. The predicted octanol–water partition coefficient (Wildman–Crippen LogP) is 4.62. The van der Waals surface area contributed by atoms with Gasteiger partial charge in [0.25, 0.3) is 0 Å². The Balaban J connectivity index is 0.000000273. The molecular formula is C22H28O4. The molecule has 0 spiro atoms. The maximum absolute atomic E-state index is 11.0. The smallest absolute Gasteiger partial charge is 0.305 e. The van der Waals surface area contributed by atoms with Crippen molar-refractivity contribution in [2.24, 2.45) is 0 Å². The van der Waals surface area contributed by atoms with E-state index in [1.54, 1.807) is 0 Å². The number of carboxylic acid groups (broad SMARTS) is 1. The van der Waals surface area contributed by atoms with Crippen molar-refractivity contribution in [2.75, 3.05) is 7.11 Å². The van der Waals surface area contributed by atoms with E-state index in [1.807, 2.05) is 36.4 Å². The van der Waals surface area contributed by atoms with Crippen molar-refractivity contribution in [1.82, 2.24) is 0 Å². The number of aliphatic carboxylic acids is 1. The Bertz CT molecular complexity index is 678. The molecule has 0 saturated heterocycles. The molecule has 2 aromatic carbocycles. The van der Waals surface area contributed by atoms with Gasteiger partial charge in [0, 0.05) is 12.8 Å². The molecule has 4 nitrogen and oxygen atoms in total. The molecule has 0 heterocycles. The first kappa shape index (κ1) is 21.4. The Morgan fingerprint density at radius 3 is 2.12 bits per heavy atom. The third-order valence-corrected chi connectivity index (χ3v) is 3.93. The molecule has 0 atom stereocenters. The lowest BCUT2D eigenvalue weighted by atomic mass is 9.99. The molecule has 2 rings (SSSR count). The molecule has 26 heavy (non-hydrogen) atoms. The predicted molar refractivity (Wildman–Crippen MR) is 103 cm³/mol. The summed E-state index contributed by atoms with van der Waals surface area (Å²) in [7, 11) is 1.42. The number of carboxylic acids is 1. The summed E-state index contributed by atoms with van der Waals surface area (Å²) in [5, 5.41) is 8.37. The number of hydrogen-bond donors (Lipinski definition) is 1. The van der Waals surface area contributed by atoms with Crippen LogP contribution in [0.5, 0.6) is 0 Å². The highest BCUT2D eigenvalue weighted by atomic mass is 16.5. The molecule has 0 bridgehead atoms. The topological polar surface area (TPSA) is 63.6 Å². The van der Waals surface area contributed by atoms with E-state index in [0.717, 1.165) is 12.0 Å². The molecule has 2 aromatic rings. The molecule has 0 unspecified atom stereocenters. The summed E-state index contributed by atoms with van der Waals surface area (Å²) in [6.07, 6.45) is 2.05. The van der Waals surface area contributed by atoms with Crippen LogP contribution >= 0.6 is 0 Å². The Kier molecular flexibility index (Phi) is 9.77. The van der Waals surface area contributed by atoms with E-state index >= 15 is 0 Å². The number of hydrogen-bond acceptors (Lipinski definition) is 3. The number of aryl methyl sites for hydroxylation is 2. The van der Waals surface area contributed by atoms with Crippen molar-refractivity contribution in [1.29, 1.82) is 0 Å². The molecule has 140 valence electrons. The lowest BCUT2D eigenvalue weighted by Crippen LogP contribution is -2.02. The van der Waals surface area contributed by atoms with Crippen molar-refractivity contribution in [3.8, 4) is 0 Å². The molecule has 0 aliphatic heterocycles. The number of ether oxygens (including phenoxy) is 1. The van der Waals surface area contributed by atoms with Gasteiger partial charge >= 0.3 is 11.9 Å². The Hall–Kier alpha value is -2.62. The molecule has 0 aliphatic carbocycles. The average molecular weight is 356 g/mol. The third kappa shape index (κ3) is 9.02. The van der Waals surface area contributed by atoms with E-state index in [0.29, 0.717) is 18.8 Å². The standard InChI is InChI=1S/C13H18O2.C9H10O2/c1-10(2)12-6-4-5-11(9-12)7-8-13(14)15-3;10-9(11)7-6-8-4-2-1-3-5-8/h4-6,9-10H,7-8H2,1-3H3;1-5H,6-7H2,(H,10,11). The zero-order valence-corrected chi connectivity index (χ0v) is 15.8. The van der Waals surface area contributed by atoms with Crippen molar-refractivity contribution in [3.63, 3.8) is 0 Å². The van der Waals surface area contributed by atoms with Gasteiger partial charge in [-0.05, 0) is 35.4 Å². The number of benzene rings is 2. The minimum Gasteiger partial charge on any atom is -0.481 e. The fraction of sp³-hybridized carbons (Fsp3) is 0.364. The Labute approximate surface area is 155 Å². The SMILES string of the molecule is COC(=O)CCc1cccc(C(C)C)c1.O=C(O)CCc1ccccc1. The van der Waals surface area contributed by atoms with Crippen LogP contribution in [0.3, 0.4) is 0 Å². The summed E-state index contributed by atoms with van der Waals surface area (Å²) >= 11 is 0. The molecular weight excluding hydrogens is 328 g/mol. The average Bonchev–Trinajstić information content (AvgIpc) is 2.66. The van der Waals surface area contributed by atoms with Gasteiger partial charge in [0.15, 0.2) is 0 Å². The number of rotatable bonds is 7. The van der Waals surface area contributed by atoms with Crippen LogP contribution < -0.4 is 0 Å². The normalized spacial score (nSPS) is 10.0. The van der Waals surface area contributed by atoms with Crippen LogP contribution in [0, 0.1) is 0 Å². The van der Waals surface area contributed by atoms with Gasteiger partial charge in [0.05, 0.1) is 7.11 Å². The van der Waals surface area contributed by atoms with E-state index in [9.17, 15) is 9.59 Å². The zero-order chi connectivity index (χ0) is 19.4. The third-order valence-electron chi connectivity index (χ3n) is 3.93. The second-order valence-electron chi connectivity index (χ2n) is 6.36. The summed E-state index contributed by atoms with van der Waals surface area (Å²) in [5.41, 5.74) is 3.60. The van der Waals surface area contributed by atoms with Gasteiger partial charge in [-0.1, -0.05) is 68.4 Å². The number of carbonyl (C=O) groups is 2. The van der Waals surface area contributed by atoms with Crippen LogP contribution in [-0.4, -0.2) is 24.2 Å². The van der Waals surface area contributed by atoms with Gasteiger partial charge in [-0.3, -0.25) is 9.59 Å². The van der Waals surface area contributed by atoms with Crippen LogP contribution in [0.15, 0.2) is 54.6 Å². The monoisotopic (exact) mass is 356 g/mol.